The lowest BCUT2D eigenvalue weighted by Gasteiger charge is -2.11. The van der Waals surface area contributed by atoms with Gasteiger partial charge in [-0.3, -0.25) is 0 Å². The van der Waals surface area contributed by atoms with Crippen LogP contribution in [0.5, 0.6) is 0 Å². The summed E-state index contributed by atoms with van der Waals surface area (Å²) in [6.07, 6.45) is 7.57. The lowest BCUT2D eigenvalue weighted by molar-refractivity contribution is -0.673. The fraction of sp³-hybridized carbons (Fsp3) is 0.278. The van der Waals surface area contributed by atoms with E-state index in [2.05, 4.69) is 92.3 Å². The second-order valence-corrected chi connectivity index (χ2v) is 5.25. The Morgan fingerprint density at radius 2 is 1.67 bits per heavy atom. The first-order chi connectivity index (χ1) is 9.60. The van der Waals surface area contributed by atoms with Crippen molar-refractivity contribution in [3.05, 3.63) is 59.4 Å². The molecule has 0 aliphatic rings. The van der Waals surface area contributed by atoms with Crippen molar-refractivity contribution in [3.8, 4) is 0 Å². The standard InChI is InChI=1S/C18H23N2.HI/c1-5-15-6-12-18(20(4)14-15)13-9-16-7-10-17(11-8-16)19(2)3;/h6-14H,5H2,1-4H3;1H/q+1;/p-1. The Kier molecular flexibility index (Phi) is 6.89. The van der Waals surface area contributed by atoms with Crippen molar-refractivity contribution in [2.75, 3.05) is 19.0 Å². The van der Waals surface area contributed by atoms with Gasteiger partial charge in [0.25, 0.3) is 0 Å². The molecule has 0 amide bonds. The maximum Gasteiger partial charge on any atom is 0.204 e. The van der Waals surface area contributed by atoms with Gasteiger partial charge >= 0.3 is 0 Å². The predicted octanol–water partition coefficient (Wildman–Crippen LogP) is 0.314. The predicted molar refractivity (Wildman–Crippen MR) is 86.7 cm³/mol. The molecule has 21 heavy (non-hydrogen) atoms. The van der Waals surface area contributed by atoms with Gasteiger partial charge in [-0.1, -0.05) is 19.1 Å². The molecular formula is C18H23IN2. The number of pyridine rings is 1. The van der Waals surface area contributed by atoms with Gasteiger partial charge in [-0.15, -0.1) is 0 Å². The molecule has 0 saturated carbocycles. The van der Waals surface area contributed by atoms with Gasteiger partial charge in [0, 0.05) is 37.5 Å². The third-order valence-electron chi connectivity index (χ3n) is 3.50. The Morgan fingerprint density at radius 1 is 1.00 bits per heavy atom. The summed E-state index contributed by atoms with van der Waals surface area (Å²) < 4.78 is 2.17. The third-order valence-corrected chi connectivity index (χ3v) is 3.50. The van der Waals surface area contributed by atoms with Crippen LogP contribution in [0.2, 0.25) is 0 Å². The van der Waals surface area contributed by atoms with Crippen molar-refractivity contribution >= 4 is 17.8 Å². The molecule has 0 atom stereocenters. The molecule has 0 saturated heterocycles. The van der Waals surface area contributed by atoms with E-state index in [-0.39, 0.29) is 24.0 Å². The summed E-state index contributed by atoms with van der Waals surface area (Å²) in [6, 6.07) is 12.9. The van der Waals surface area contributed by atoms with Crippen molar-refractivity contribution in [1.29, 1.82) is 0 Å². The molecule has 0 aliphatic carbocycles. The summed E-state index contributed by atoms with van der Waals surface area (Å²) in [7, 11) is 6.20. The highest BCUT2D eigenvalue weighted by Gasteiger charge is 2.03. The highest BCUT2D eigenvalue weighted by atomic mass is 127. The van der Waals surface area contributed by atoms with Crippen LogP contribution in [0.3, 0.4) is 0 Å². The average molecular weight is 394 g/mol. The van der Waals surface area contributed by atoms with Gasteiger partial charge in [0.2, 0.25) is 5.69 Å². The minimum absolute atomic E-state index is 0. The zero-order valence-electron chi connectivity index (χ0n) is 13.2. The summed E-state index contributed by atoms with van der Waals surface area (Å²) in [4.78, 5) is 2.11. The van der Waals surface area contributed by atoms with E-state index in [1.54, 1.807) is 0 Å². The highest BCUT2D eigenvalue weighted by Crippen LogP contribution is 2.14. The van der Waals surface area contributed by atoms with Gasteiger partial charge in [-0.2, -0.15) is 0 Å². The Hall–Kier alpha value is -1.36. The maximum absolute atomic E-state index is 2.19. The van der Waals surface area contributed by atoms with Crippen molar-refractivity contribution in [3.63, 3.8) is 0 Å². The molecule has 0 aliphatic heterocycles. The molecule has 1 aromatic heterocycles. The first-order valence-electron chi connectivity index (χ1n) is 7.04. The number of hydrogen-bond acceptors (Lipinski definition) is 1. The van der Waals surface area contributed by atoms with Crippen LogP contribution in [-0.2, 0) is 13.5 Å². The number of aromatic nitrogens is 1. The Labute approximate surface area is 145 Å². The maximum atomic E-state index is 2.19. The number of nitrogens with zero attached hydrogens (tertiary/aromatic N) is 2. The van der Waals surface area contributed by atoms with E-state index in [0.29, 0.717) is 0 Å². The fourth-order valence-electron chi connectivity index (χ4n) is 2.12. The van der Waals surface area contributed by atoms with Crippen LogP contribution >= 0.6 is 0 Å². The van der Waals surface area contributed by atoms with Crippen LogP contribution in [-0.4, -0.2) is 14.1 Å². The third kappa shape index (κ3) is 4.84. The van der Waals surface area contributed by atoms with E-state index in [4.69, 9.17) is 0 Å². The molecular weight excluding hydrogens is 371 g/mol. The summed E-state index contributed by atoms with van der Waals surface area (Å²) in [5.74, 6) is 0. The zero-order valence-corrected chi connectivity index (χ0v) is 15.3. The van der Waals surface area contributed by atoms with E-state index >= 15 is 0 Å². The van der Waals surface area contributed by atoms with Crippen molar-refractivity contribution in [2.45, 2.75) is 13.3 Å². The van der Waals surface area contributed by atoms with E-state index < -0.39 is 0 Å². The van der Waals surface area contributed by atoms with Gasteiger partial charge in [0.05, 0.1) is 0 Å². The molecule has 1 aromatic carbocycles. The van der Waals surface area contributed by atoms with E-state index in [9.17, 15) is 0 Å². The van der Waals surface area contributed by atoms with Gasteiger partial charge < -0.3 is 28.9 Å². The summed E-state index contributed by atoms with van der Waals surface area (Å²) in [5.41, 5.74) is 5.01. The molecule has 2 aromatic rings. The number of rotatable bonds is 4. The minimum atomic E-state index is 0. The smallest absolute Gasteiger partial charge is 0.204 e. The van der Waals surface area contributed by atoms with Crippen LogP contribution < -0.4 is 33.4 Å². The van der Waals surface area contributed by atoms with Crippen molar-refractivity contribution < 1.29 is 28.5 Å². The lowest BCUT2D eigenvalue weighted by Crippen LogP contribution is -3.00. The number of benzene rings is 1. The second-order valence-electron chi connectivity index (χ2n) is 5.25. The van der Waals surface area contributed by atoms with Crippen LogP contribution in [0.25, 0.3) is 12.2 Å². The highest BCUT2D eigenvalue weighted by molar-refractivity contribution is 5.68. The Morgan fingerprint density at radius 3 is 2.19 bits per heavy atom. The number of aryl methyl sites for hydroxylation is 2. The molecule has 112 valence electrons. The van der Waals surface area contributed by atoms with Crippen LogP contribution in [0.4, 0.5) is 5.69 Å². The lowest BCUT2D eigenvalue weighted by atomic mass is 10.1. The first-order valence-corrected chi connectivity index (χ1v) is 7.04. The molecule has 3 heteroatoms. The van der Waals surface area contributed by atoms with Crippen LogP contribution in [0.1, 0.15) is 23.7 Å². The van der Waals surface area contributed by atoms with E-state index in [0.717, 1.165) is 6.42 Å². The molecule has 0 fully saturated rings. The van der Waals surface area contributed by atoms with Crippen LogP contribution in [0.15, 0.2) is 42.6 Å². The number of hydrogen-bond donors (Lipinski definition) is 0. The first kappa shape index (κ1) is 17.7. The summed E-state index contributed by atoms with van der Waals surface area (Å²) in [5, 5.41) is 0. The largest absolute Gasteiger partial charge is 1.00 e. The number of halogens is 1. The van der Waals surface area contributed by atoms with Gasteiger partial charge in [-0.25, -0.2) is 4.57 Å². The van der Waals surface area contributed by atoms with E-state index in [1.165, 1.54) is 22.5 Å². The molecule has 0 spiro atoms. The fourth-order valence-corrected chi connectivity index (χ4v) is 2.12. The molecule has 0 radical (unpaired) electrons. The topological polar surface area (TPSA) is 7.12 Å². The molecule has 2 nitrogen and oxygen atoms in total. The second kappa shape index (κ2) is 8.17. The molecule has 0 unspecified atom stereocenters. The monoisotopic (exact) mass is 394 g/mol. The number of anilines is 1. The van der Waals surface area contributed by atoms with Crippen molar-refractivity contribution in [2.24, 2.45) is 7.05 Å². The normalized spacial score (nSPS) is 10.5. The minimum Gasteiger partial charge on any atom is -1.00 e. The Balaban J connectivity index is 0.00000220. The van der Waals surface area contributed by atoms with Crippen LogP contribution in [0, 0.1) is 0 Å². The molecule has 1 heterocycles. The molecule has 0 N–H and O–H groups in total. The van der Waals surface area contributed by atoms with Crippen molar-refractivity contribution in [1.82, 2.24) is 0 Å². The average Bonchev–Trinajstić information content (AvgIpc) is 2.46. The SMILES string of the molecule is CCc1ccc(/C=C/c2ccc(N(C)C)cc2)[n+](C)c1.[I-]. The zero-order chi connectivity index (χ0) is 14.5. The quantitative estimate of drug-likeness (QED) is 0.535. The Bertz CT molecular complexity index is 601. The van der Waals surface area contributed by atoms with Gasteiger partial charge in [0.1, 0.15) is 7.05 Å². The summed E-state index contributed by atoms with van der Waals surface area (Å²) >= 11 is 0. The molecule has 2 rings (SSSR count). The van der Waals surface area contributed by atoms with E-state index in [1.807, 2.05) is 0 Å². The van der Waals surface area contributed by atoms with Gasteiger partial charge in [-0.05, 0) is 36.3 Å². The summed E-state index contributed by atoms with van der Waals surface area (Å²) in [6.45, 7) is 2.18. The van der Waals surface area contributed by atoms with Gasteiger partial charge in [0.15, 0.2) is 6.20 Å². The molecule has 0 bridgehead atoms.